The molecular weight excluding hydrogens is 182 g/mol. The molecule has 0 aromatic carbocycles. The number of carboxylic acids is 1. The lowest BCUT2D eigenvalue weighted by atomic mass is 10.1. The summed E-state index contributed by atoms with van der Waals surface area (Å²) in [7, 11) is 0. The molecule has 1 saturated heterocycles. The molecule has 4 heteroatoms. The van der Waals surface area contributed by atoms with E-state index < -0.39 is 5.97 Å². The Kier molecular flexibility index (Phi) is 3.03. The number of hydrogen-bond donors (Lipinski definition) is 1. The Morgan fingerprint density at radius 3 is 3.14 bits per heavy atom. The lowest BCUT2D eigenvalue weighted by Crippen LogP contribution is -2.49. The van der Waals surface area contributed by atoms with E-state index >= 15 is 0 Å². The minimum absolute atomic E-state index is 0.253. The van der Waals surface area contributed by atoms with E-state index in [1.165, 1.54) is 12.8 Å². The molecule has 1 N–H and O–H groups in total. The van der Waals surface area contributed by atoms with Crippen molar-refractivity contribution >= 4 is 5.97 Å². The monoisotopic (exact) mass is 199 g/mol. The average molecular weight is 199 g/mol. The van der Waals surface area contributed by atoms with Gasteiger partial charge in [-0.25, -0.2) is 0 Å². The number of rotatable bonds is 3. The van der Waals surface area contributed by atoms with E-state index in [2.05, 4.69) is 4.90 Å². The van der Waals surface area contributed by atoms with Crippen molar-refractivity contribution in [3.05, 3.63) is 0 Å². The van der Waals surface area contributed by atoms with Crippen molar-refractivity contribution < 1.29 is 14.6 Å². The van der Waals surface area contributed by atoms with Gasteiger partial charge < -0.3 is 9.84 Å². The van der Waals surface area contributed by atoms with Gasteiger partial charge >= 0.3 is 5.97 Å². The van der Waals surface area contributed by atoms with Gasteiger partial charge in [0.25, 0.3) is 0 Å². The molecule has 0 radical (unpaired) electrons. The summed E-state index contributed by atoms with van der Waals surface area (Å²) >= 11 is 0. The molecule has 1 aliphatic carbocycles. The van der Waals surface area contributed by atoms with Crippen LogP contribution in [0.25, 0.3) is 0 Å². The Morgan fingerprint density at radius 2 is 2.36 bits per heavy atom. The predicted molar refractivity (Wildman–Crippen MR) is 51.2 cm³/mol. The maximum absolute atomic E-state index is 10.5. The van der Waals surface area contributed by atoms with Crippen molar-refractivity contribution in [2.75, 3.05) is 19.7 Å². The Hall–Kier alpha value is -0.610. The zero-order valence-corrected chi connectivity index (χ0v) is 8.32. The second-order valence-corrected chi connectivity index (χ2v) is 4.09. The first-order valence-electron chi connectivity index (χ1n) is 5.35. The number of carboxylic acid groups (broad SMARTS) is 1. The SMILES string of the molecule is O=C(O)CCN1CCOC2CCCC21. The quantitative estimate of drug-likeness (QED) is 0.727. The first-order valence-corrected chi connectivity index (χ1v) is 5.35. The molecule has 1 aliphatic heterocycles. The normalized spacial score (nSPS) is 32.9. The minimum Gasteiger partial charge on any atom is -0.481 e. The lowest BCUT2D eigenvalue weighted by molar-refractivity contribution is -0.138. The second-order valence-electron chi connectivity index (χ2n) is 4.09. The van der Waals surface area contributed by atoms with Crippen molar-refractivity contribution in [1.29, 1.82) is 0 Å². The van der Waals surface area contributed by atoms with E-state index in [9.17, 15) is 4.79 Å². The molecule has 4 nitrogen and oxygen atoms in total. The van der Waals surface area contributed by atoms with E-state index in [1.807, 2.05) is 0 Å². The number of aliphatic carboxylic acids is 1. The second kappa shape index (κ2) is 4.28. The Balaban J connectivity index is 1.87. The predicted octanol–water partition coefficient (Wildman–Crippen LogP) is 0.714. The van der Waals surface area contributed by atoms with E-state index in [-0.39, 0.29) is 6.42 Å². The van der Waals surface area contributed by atoms with Crippen molar-refractivity contribution in [3.63, 3.8) is 0 Å². The third-order valence-corrected chi connectivity index (χ3v) is 3.21. The average Bonchev–Trinajstić information content (AvgIpc) is 2.62. The molecule has 2 unspecified atom stereocenters. The molecule has 14 heavy (non-hydrogen) atoms. The van der Waals surface area contributed by atoms with Crippen LogP contribution < -0.4 is 0 Å². The molecular formula is C10H17NO3. The van der Waals surface area contributed by atoms with Gasteiger partial charge in [0.15, 0.2) is 0 Å². The number of nitrogens with zero attached hydrogens (tertiary/aromatic N) is 1. The summed E-state index contributed by atoms with van der Waals surface area (Å²) in [4.78, 5) is 12.8. The van der Waals surface area contributed by atoms with Crippen LogP contribution in [0.15, 0.2) is 0 Å². The summed E-state index contributed by atoms with van der Waals surface area (Å²) in [5, 5.41) is 8.63. The maximum atomic E-state index is 10.5. The Labute approximate surface area is 83.8 Å². The summed E-state index contributed by atoms with van der Waals surface area (Å²) in [6.45, 7) is 2.34. The highest BCUT2D eigenvalue weighted by atomic mass is 16.5. The number of carbonyl (C=O) groups is 1. The number of hydrogen-bond acceptors (Lipinski definition) is 3. The summed E-state index contributed by atoms with van der Waals surface area (Å²) in [5.41, 5.74) is 0. The van der Waals surface area contributed by atoms with Crippen molar-refractivity contribution in [1.82, 2.24) is 4.90 Å². The third-order valence-electron chi connectivity index (χ3n) is 3.21. The summed E-state index contributed by atoms with van der Waals surface area (Å²) in [6, 6.07) is 0.489. The summed E-state index contributed by atoms with van der Waals surface area (Å²) in [6.07, 6.45) is 4.17. The molecule has 1 saturated carbocycles. The smallest absolute Gasteiger partial charge is 0.304 e. The zero-order chi connectivity index (χ0) is 9.97. The molecule has 0 aromatic heterocycles. The molecule has 2 aliphatic rings. The standard InChI is InChI=1S/C10H17NO3/c12-10(13)4-5-11-6-7-14-9-3-1-2-8(9)11/h8-9H,1-7H2,(H,12,13). The highest BCUT2D eigenvalue weighted by Crippen LogP contribution is 2.29. The van der Waals surface area contributed by atoms with Crippen molar-refractivity contribution in [2.24, 2.45) is 0 Å². The Morgan fingerprint density at radius 1 is 1.50 bits per heavy atom. The van der Waals surface area contributed by atoms with Gasteiger partial charge in [0, 0.05) is 19.1 Å². The Bertz CT molecular complexity index is 219. The van der Waals surface area contributed by atoms with Gasteiger partial charge in [-0.1, -0.05) is 0 Å². The number of fused-ring (bicyclic) bond motifs is 1. The van der Waals surface area contributed by atoms with Crippen LogP contribution in [-0.2, 0) is 9.53 Å². The van der Waals surface area contributed by atoms with Gasteiger partial charge in [0.05, 0.1) is 19.1 Å². The maximum Gasteiger partial charge on any atom is 0.304 e. The van der Waals surface area contributed by atoms with Crippen LogP contribution in [0.4, 0.5) is 0 Å². The van der Waals surface area contributed by atoms with E-state index in [0.29, 0.717) is 18.7 Å². The fourth-order valence-corrected chi connectivity index (χ4v) is 2.52. The molecule has 1 heterocycles. The van der Waals surface area contributed by atoms with Gasteiger partial charge in [-0.2, -0.15) is 0 Å². The molecule has 0 spiro atoms. The largest absolute Gasteiger partial charge is 0.481 e. The molecule has 80 valence electrons. The van der Waals surface area contributed by atoms with Crippen LogP contribution in [0.5, 0.6) is 0 Å². The number of morpholine rings is 1. The van der Waals surface area contributed by atoms with Crippen molar-refractivity contribution in [3.8, 4) is 0 Å². The molecule has 0 bridgehead atoms. The zero-order valence-electron chi connectivity index (χ0n) is 8.32. The fourth-order valence-electron chi connectivity index (χ4n) is 2.52. The van der Waals surface area contributed by atoms with E-state index in [4.69, 9.17) is 9.84 Å². The van der Waals surface area contributed by atoms with Gasteiger partial charge in [-0.3, -0.25) is 9.69 Å². The highest BCUT2D eigenvalue weighted by molar-refractivity contribution is 5.66. The molecule has 0 amide bonds. The van der Waals surface area contributed by atoms with Crippen LogP contribution in [0.3, 0.4) is 0 Å². The summed E-state index contributed by atoms with van der Waals surface area (Å²) < 4.78 is 5.65. The van der Waals surface area contributed by atoms with Crippen molar-refractivity contribution in [2.45, 2.75) is 37.8 Å². The topological polar surface area (TPSA) is 49.8 Å². The first-order chi connectivity index (χ1) is 6.77. The highest BCUT2D eigenvalue weighted by Gasteiger charge is 2.35. The number of ether oxygens (including phenoxy) is 1. The van der Waals surface area contributed by atoms with Crippen LogP contribution in [0, 0.1) is 0 Å². The molecule has 0 aromatic rings. The third kappa shape index (κ3) is 2.07. The summed E-state index contributed by atoms with van der Waals surface area (Å²) in [5.74, 6) is -0.703. The fraction of sp³-hybridized carbons (Fsp3) is 0.900. The van der Waals surface area contributed by atoms with Crippen LogP contribution in [0.1, 0.15) is 25.7 Å². The molecule has 2 rings (SSSR count). The van der Waals surface area contributed by atoms with Crippen LogP contribution in [-0.4, -0.2) is 47.8 Å². The van der Waals surface area contributed by atoms with Gasteiger partial charge in [-0.05, 0) is 19.3 Å². The van der Waals surface area contributed by atoms with Gasteiger partial charge in [-0.15, -0.1) is 0 Å². The molecule has 2 fully saturated rings. The van der Waals surface area contributed by atoms with Crippen LogP contribution in [0.2, 0.25) is 0 Å². The lowest BCUT2D eigenvalue weighted by Gasteiger charge is -2.37. The van der Waals surface area contributed by atoms with Gasteiger partial charge in [0.2, 0.25) is 0 Å². The van der Waals surface area contributed by atoms with E-state index in [1.54, 1.807) is 0 Å². The van der Waals surface area contributed by atoms with Gasteiger partial charge in [0.1, 0.15) is 0 Å². The first kappa shape index (κ1) is 9.93. The molecule has 2 atom stereocenters. The van der Waals surface area contributed by atoms with E-state index in [0.717, 1.165) is 19.6 Å². The van der Waals surface area contributed by atoms with Crippen LogP contribution >= 0.6 is 0 Å². The minimum atomic E-state index is -0.703.